The average Bonchev–Trinajstić information content (AvgIpc) is 3.63. The fourth-order valence-electron chi connectivity index (χ4n) is 5.05. The zero-order valence-electron chi connectivity index (χ0n) is 20.0. The molecular weight excluding hydrogens is 492 g/mol. The van der Waals surface area contributed by atoms with Crippen LogP contribution in [0.3, 0.4) is 0 Å². The third-order valence-electron chi connectivity index (χ3n) is 7.10. The molecule has 1 aliphatic carbocycles. The predicted octanol–water partition coefficient (Wildman–Crippen LogP) is 2.93. The SMILES string of the molecule is NC(=O)CN1CC[C@H](Cn2cc(F)c3c(N(Cc4ccc(C(F)(F)F)cc4)C4CC4)ncnc32)[C@@H](O)C1. The van der Waals surface area contributed by atoms with Crippen LogP contribution in [0.15, 0.2) is 36.8 Å². The predicted molar refractivity (Wildman–Crippen MR) is 128 cm³/mol. The first-order chi connectivity index (χ1) is 17.6. The number of hydrogen-bond acceptors (Lipinski definition) is 6. The van der Waals surface area contributed by atoms with Crippen LogP contribution >= 0.6 is 0 Å². The number of aliphatic hydroxyl groups excluding tert-OH is 1. The Morgan fingerprint density at radius 2 is 1.89 bits per heavy atom. The smallest absolute Gasteiger partial charge is 0.391 e. The van der Waals surface area contributed by atoms with E-state index >= 15 is 4.39 Å². The summed E-state index contributed by atoms with van der Waals surface area (Å²) < 4.78 is 55.9. The maximum Gasteiger partial charge on any atom is 0.416 e. The van der Waals surface area contributed by atoms with E-state index in [1.807, 2.05) is 4.90 Å². The molecule has 1 amide bonds. The summed E-state index contributed by atoms with van der Waals surface area (Å²) in [6.45, 7) is 1.60. The molecule has 1 aromatic carbocycles. The summed E-state index contributed by atoms with van der Waals surface area (Å²) >= 11 is 0. The third-order valence-corrected chi connectivity index (χ3v) is 7.10. The van der Waals surface area contributed by atoms with Crippen LogP contribution in [0.4, 0.5) is 23.4 Å². The van der Waals surface area contributed by atoms with Crippen molar-refractivity contribution in [3.8, 4) is 0 Å². The van der Waals surface area contributed by atoms with Crippen LogP contribution in [-0.4, -0.2) is 62.2 Å². The quantitative estimate of drug-likeness (QED) is 0.443. The topological polar surface area (TPSA) is 101 Å². The number of carbonyl (C=O) groups excluding carboxylic acids is 1. The van der Waals surface area contributed by atoms with Gasteiger partial charge in [0.1, 0.15) is 17.8 Å². The van der Waals surface area contributed by atoms with Crippen LogP contribution < -0.4 is 10.6 Å². The van der Waals surface area contributed by atoms with Gasteiger partial charge in [0.05, 0.1) is 23.6 Å². The van der Waals surface area contributed by atoms with Crippen molar-refractivity contribution >= 4 is 22.8 Å². The number of β-amino-alcohol motifs (C(OH)–C–C–N with tert-alkyl or cyclic N) is 1. The van der Waals surface area contributed by atoms with E-state index in [2.05, 4.69) is 9.97 Å². The zero-order valence-corrected chi connectivity index (χ0v) is 20.0. The summed E-state index contributed by atoms with van der Waals surface area (Å²) in [5.41, 5.74) is 5.60. The lowest BCUT2D eigenvalue weighted by Crippen LogP contribution is -2.47. The molecule has 37 heavy (non-hydrogen) atoms. The number of primary amides is 1. The van der Waals surface area contributed by atoms with Gasteiger partial charge in [0, 0.05) is 37.8 Å². The molecule has 8 nitrogen and oxygen atoms in total. The molecule has 3 N–H and O–H groups in total. The van der Waals surface area contributed by atoms with E-state index in [1.54, 1.807) is 9.47 Å². The number of nitrogens with zero attached hydrogens (tertiary/aromatic N) is 5. The molecule has 0 radical (unpaired) electrons. The number of nitrogens with two attached hydrogens (primary N) is 1. The van der Waals surface area contributed by atoms with E-state index in [1.165, 1.54) is 24.7 Å². The molecule has 1 saturated carbocycles. The molecule has 0 bridgehead atoms. The Labute approximate surface area is 210 Å². The van der Waals surface area contributed by atoms with Crippen molar-refractivity contribution in [2.24, 2.45) is 11.7 Å². The molecule has 2 atom stereocenters. The summed E-state index contributed by atoms with van der Waals surface area (Å²) in [6.07, 6.45) is -0.0373. The van der Waals surface area contributed by atoms with Crippen LogP contribution in [0.25, 0.3) is 11.0 Å². The van der Waals surface area contributed by atoms with Crippen LogP contribution in [-0.2, 0) is 24.1 Å². The molecule has 12 heteroatoms. The Morgan fingerprint density at radius 1 is 1.16 bits per heavy atom. The van der Waals surface area contributed by atoms with Crippen molar-refractivity contribution in [2.75, 3.05) is 24.5 Å². The molecule has 0 spiro atoms. The fourth-order valence-corrected chi connectivity index (χ4v) is 5.05. The number of rotatable bonds is 8. The molecule has 3 heterocycles. The van der Waals surface area contributed by atoms with E-state index in [4.69, 9.17) is 5.73 Å². The number of hydrogen-bond donors (Lipinski definition) is 2. The number of fused-ring (bicyclic) bond motifs is 1. The number of halogens is 4. The van der Waals surface area contributed by atoms with Gasteiger partial charge in [0.2, 0.25) is 5.91 Å². The number of carbonyl (C=O) groups is 1. The monoisotopic (exact) mass is 520 g/mol. The number of aromatic nitrogens is 3. The van der Waals surface area contributed by atoms with E-state index in [0.717, 1.165) is 25.0 Å². The first-order valence-corrected chi connectivity index (χ1v) is 12.2. The molecule has 0 unspecified atom stereocenters. The zero-order chi connectivity index (χ0) is 26.3. The minimum Gasteiger partial charge on any atom is -0.391 e. The molecule has 3 aromatic rings. The summed E-state index contributed by atoms with van der Waals surface area (Å²) in [5, 5.41) is 10.9. The van der Waals surface area contributed by atoms with Crippen molar-refractivity contribution in [3.05, 3.63) is 53.7 Å². The van der Waals surface area contributed by atoms with Gasteiger partial charge >= 0.3 is 6.18 Å². The van der Waals surface area contributed by atoms with Crippen LogP contribution in [0, 0.1) is 11.7 Å². The lowest BCUT2D eigenvalue weighted by molar-refractivity contribution is -0.137. The molecule has 2 aromatic heterocycles. The van der Waals surface area contributed by atoms with E-state index < -0.39 is 29.6 Å². The van der Waals surface area contributed by atoms with E-state index in [-0.39, 0.29) is 30.4 Å². The number of anilines is 1. The van der Waals surface area contributed by atoms with Gasteiger partial charge in [-0.2, -0.15) is 13.2 Å². The van der Waals surface area contributed by atoms with E-state index in [9.17, 15) is 23.1 Å². The van der Waals surface area contributed by atoms with Gasteiger partial charge in [-0.15, -0.1) is 0 Å². The number of piperidine rings is 1. The van der Waals surface area contributed by atoms with Gasteiger partial charge < -0.3 is 20.3 Å². The second-order valence-electron chi connectivity index (χ2n) is 9.90. The maximum atomic E-state index is 15.3. The molecular formula is C25H28F4N6O2. The number of amides is 1. The Morgan fingerprint density at radius 3 is 2.51 bits per heavy atom. The van der Waals surface area contributed by atoms with Crippen molar-refractivity contribution in [2.45, 2.75) is 50.7 Å². The Kier molecular flexibility index (Phi) is 6.80. The highest BCUT2D eigenvalue weighted by atomic mass is 19.4. The standard InChI is InChI=1S/C25H28F4N6O2/c26-19-11-34(10-16-7-8-33(12-20(16)36)13-21(30)37)23-22(19)24(32-14-31-23)35(18-5-6-18)9-15-1-3-17(4-2-15)25(27,28)29/h1-4,11,14,16,18,20,36H,5-10,12-13H2,(H2,30,37)/t16-,20+/m1/s1. The highest BCUT2D eigenvalue weighted by Gasteiger charge is 2.34. The summed E-state index contributed by atoms with van der Waals surface area (Å²) in [7, 11) is 0. The highest BCUT2D eigenvalue weighted by molar-refractivity contribution is 5.89. The highest BCUT2D eigenvalue weighted by Crippen LogP contribution is 2.37. The first kappa shape index (κ1) is 25.4. The van der Waals surface area contributed by atoms with Gasteiger partial charge in [-0.25, -0.2) is 14.4 Å². The minimum absolute atomic E-state index is 0.0807. The molecule has 2 fully saturated rings. The lowest BCUT2D eigenvalue weighted by atomic mass is 9.93. The summed E-state index contributed by atoms with van der Waals surface area (Å²) in [4.78, 5) is 23.6. The van der Waals surface area contributed by atoms with Crippen molar-refractivity contribution in [1.29, 1.82) is 0 Å². The first-order valence-electron chi connectivity index (χ1n) is 12.2. The average molecular weight is 521 g/mol. The lowest BCUT2D eigenvalue weighted by Gasteiger charge is -2.35. The minimum atomic E-state index is -4.41. The van der Waals surface area contributed by atoms with Crippen molar-refractivity contribution in [3.63, 3.8) is 0 Å². The number of likely N-dealkylation sites (tertiary alicyclic amines) is 1. The van der Waals surface area contributed by atoms with Crippen LogP contribution in [0.5, 0.6) is 0 Å². The van der Waals surface area contributed by atoms with Crippen molar-refractivity contribution in [1.82, 2.24) is 19.4 Å². The fraction of sp³-hybridized carbons (Fsp3) is 0.480. The molecule has 2 aliphatic rings. The molecule has 1 aliphatic heterocycles. The van der Waals surface area contributed by atoms with Gasteiger partial charge in [-0.3, -0.25) is 9.69 Å². The number of benzene rings is 1. The van der Waals surface area contributed by atoms with Crippen LogP contribution in [0.2, 0.25) is 0 Å². The normalized spacial score (nSPS) is 20.9. The second kappa shape index (κ2) is 9.90. The molecule has 5 rings (SSSR count). The Bertz CT molecular complexity index is 1270. The Balaban J connectivity index is 1.38. The largest absolute Gasteiger partial charge is 0.416 e. The molecule has 198 valence electrons. The molecule has 1 saturated heterocycles. The van der Waals surface area contributed by atoms with Gasteiger partial charge in [0.15, 0.2) is 5.82 Å². The maximum absolute atomic E-state index is 15.3. The van der Waals surface area contributed by atoms with Crippen LogP contribution in [0.1, 0.15) is 30.4 Å². The number of alkyl halides is 3. The van der Waals surface area contributed by atoms with Gasteiger partial charge in [-0.1, -0.05) is 12.1 Å². The van der Waals surface area contributed by atoms with Gasteiger partial charge in [-0.05, 0) is 43.5 Å². The second-order valence-corrected chi connectivity index (χ2v) is 9.90. The third kappa shape index (κ3) is 5.54. The van der Waals surface area contributed by atoms with Crippen molar-refractivity contribution < 1.29 is 27.5 Å². The van der Waals surface area contributed by atoms with E-state index in [0.29, 0.717) is 43.1 Å². The number of aliphatic hydroxyl groups is 1. The summed E-state index contributed by atoms with van der Waals surface area (Å²) in [5.74, 6) is -0.709. The van der Waals surface area contributed by atoms with Gasteiger partial charge in [0.25, 0.3) is 0 Å². The summed E-state index contributed by atoms with van der Waals surface area (Å²) in [6, 6.07) is 5.08. The Hall–Kier alpha value is -3.25.